The number of aromatic nitrogens is 1. The Morgan fingerprint density at radius 1 is 1.20 bits per heavy atom. The Morgan fingerprint density at radius 2 is 1.90 bits per heavy atom. The number of nitrogens with two attached hydrogens (primary N) is 1. The van der Waals surface area contributed by atoms with Gasteiger partial charge in [0.25, 0.3) is 0 Å². The first-order valence-electron chi connectivity index (χ1n) is 6.78. The lowest BCUT2D eigenvalue weighted by Crippen LogP contribution is -2.48. The highest BCUT2D eigenvalue weighted by Gasteiger charge is 2.19. The molecule has 0 bridgehead atoms. The van der Waals surface area contributed by atoms with E-state index in [0.29, 0.717) is 6.54 Å². The fourth-order valence-electron chi connectivity index (χ4n) is 2.59. The molecule has 2 N–H and O–H groups in total. The number of hydrogen-bond acceptors (Lipinski definition) is 5. The van der Waals surface area contributed by atoms with Gasteiger partial charge in [-0.2, -0.15) is 0 Å². The number of para-hydroxylation sites is 1. The summed E-state index contributed by atoms with van der Waals surface area (Å²) in [6, 6.07) is 7.90. The van der Waals surface area contributed by atoms with Gasteiger partial charge in [0, 0.05) is 38.1 Å². The molecule has 1 aromatic carbocycles. The van der Waals surface area contributed by atoms with Gasteiger partial charge >= 0.3 is 0 Å². The number of carbonyl (C=O) groups is 1. The average Bonchev–Trinajstić information content (AvgIpc) is 2.84. The van der Waals surface area contributed by atoms with Crippen LogP contribution in [0, 0.1) is 0 Å². The van der Waals surface area contributed by atoms with E-state index < -0.39 is 0 Å². The molecule has 0 spiro atoms. The smallest absolute Gasteiger partial charge is 0.231 e. The van der Waals surface area contributed by atoms with Crippen LogP contribution in [0.1, 0.15) is 5.69 Å². The maximum atomic E-state index is 10.9. The van der Waals surface area contributed by atoms with E-state index in [1.54, 1.807) is 0 Å². The molecule has 2 heterocycles. The monoisotopic (exact) mass is 274 g/mol. The van der Waals surface area contributed by atoms with Crippen molar-refractivity contribution in [3.05, 3.63) is 30.0 Å². The number of fused-ring (bicyclic) bond motifs is 1. The zero-order chi connectivity index (χ0) is 13.9. The van der Waals surface area contributed by atoms with Crippen molar-refractivity contribution < 1.29 is 9.32 Å². The number of piperazine rings is 1. The van der Waals surface area contributed by atoms with E-state index in [-0.39, 0.29) is 5.91 Å². The minimum Gasteiger partial charge on any atom is -0.369 e. The van der Waals surface area contributed by atoms with Crippen LogP contribution >= 0.6 is 0 Å². The third-order valence-corrected chi connectivity index (χ3v) is 3.67. The Labute approximate surface area is 117 Å². The fourth-order valence-corrected chi connectivity index (χ4v) is 2.59. The Kier molecular flexibility index (Phi) is 3.66. The highest BCUT2D eigenvalue weighted by atomic mass is 16.5. The van der Waals surface area contributed by atoms with Gasteiger partial charge in [-0.15, -0.1) is 0 Å². The summed E-state index contributed by atoms with van der Waals surface area (Å²) in [4.78, 5) is 15.3. The summed E-state index contributed by atoms with van der Waals surface area (Å²) in [5.74, 6) is -0.263. The minimum atomic E-state index is -0.263. The summed E-state index contributed by atoms with van der Waals surface area (Å²) in [6.45, 7) is 4.67. The van der Waals surface area contributed by atoms with E-state index in [9.17, 15) is 4.79 Å². The van der Waals surface area contributed by atoms with Crippen molar-refractivity contribution in [3.8, 4) is 0 Å². The molecule has 20 heavy (non-hydrogen) atoms. The maximum absolute atomic E-state index is 10.9. The Hall–Kier alpha value is -1.92. The molecule has 0 radical (unpaired) electrons. The summed E-state index contributed by atoms with van der Waals surface area (Å²) in [7, 11) is 0. The van der Waals surface area contributed by atoms with E-state index in [1.165, 1.54) is 0 Å². The second-order valence-corrected chi connectivity index (χ2v) is 5.14. The SMILES string of the molecule is NC(=O)CN1CCN(Cc2noc3ccccc23)CC1. The van der Waals surface area contributed by atoms with Crippen LogP contribution in [-0.2, 0) is 11.3 Å². The lowest BCUT2D eigenvalue weighted by molar-refractivity contribution is -0.119. The second kappa shape index (κ2) is 5.60. The summed E-state index contributed by atoms with van der Waals surface area (Å²) in [5, 5.41) is 5.23. The normalized spacial score (nSPS) is 17.6. The number of benzene rings is 1. The lowest BCUT2D eigenvalue weighted by Gasteiger charge is -2.33. The van der Waals surface area contributed by atoms with Gasteiger partial charge < -0.3 is 10.3 Å². The number of amides is 1. The Bertz CT molecular complexity index is 602. The van der Waals surface area contributed by atoms with E-state index >= 15 is 0 Å². The van der Waals surface area contributed by atoms with E-state index in [0.717, 1.165) is 49.4 Å². The largest absolute Gasteiger partial charge is 0.369 e. The summed E-state index contributed by atoms with van der Waals surface area (Å²) < 4.78 is 5.32. The van der Waals surface area contributed by atoms with Crippen molar-refractivity contribution >= 4 is 16.9 Å². The summed E-state index contributed by atoms with van der Waals surface area (Å²) >= 11 is 0. The van der Waals surface area contributed by atoms with Crippen LogP contribution in [0.2, 0.25) is 0 Å². The van der Waals surface area contributed by atoms with Gasteiger partial charge in [-0.05, 0) is 12.1 Å². The molecule has 0 unspecified atom stereocenters. The molecule has 1 saturated heterocycles. The molecule has 1 aliphatic heterocycles. The van der Waals surface area contributed by atoms with Gasteiger partial charge in [0.2, 0.25) is 5.91 Å². The molecule has 6 heteroatoms. The van der Waals surface area contributed by atoms with Gasteiger partial charge in [0.1, 0.15) is 5.69 Å². The van der Waals surface area contributed by atoms with E-state index in [4.69, 9.17) is 10.3 Å². The fraction of sp³-hybridized carbons (Fsp3) is 0.429. The van der Waals surface area contributed by atoms with Crippen LogP contribution in [0.3, 0.4) is 0 Å². The number of hydrogen-bond donors (Lipinski definition) is 1. The summed E-state index contributed by atoms with van der Waals surface area (Å²) in [6.07, 6.45) is 0. The number of rotatable bonds is 4. The second-order valence-electron chi connectivity index (χ2n) is 5.14. The van der Waals surface area contributed by atoms with Crippen molar-refractivity contribution in [2.45, 2.75) is 6.54 Å². The van der Waals surface area contributed by atoms with Gasteiger partial charge in [0.15, 0.2) is 5.58 Å². The van der Waals surface area contributed by atoms with Crippen molar-refractivity contribution in [1.82, 2.24) is 15.0 Å². The predicted molar refractivity (Wildman–Crippen MR) is 74.9 cm³/mol. The molecule has 1 fully saturated rings. The number of nitrogens with zero attached hydrogens (tertiary/aromatic N) is 3. The van der Waals surface area contributed by atoms with Gasteiger partial charge in [-0.3, -0.25) is 14.6 Å². The third-order valence-electron chi connectivity index (χ3n) is 3.67. The van der Waals surface area contributed by atoms with Crippen molar-refractivity contribution in [2.24, 2.45) is 5.73 Å². The zero-order valence-electron chi connectivity index (χ0n) is 11.3. The third kappa shape index (κ3) is 2.81. The van der Waals surface area contributed by atoms with Crippen molar-refractivity contribution in [3.63, 3.8) is 0 Å². The van der Waals surface area contributed by atoms with E-state index in [1.807, 2.05) is 24.3 Å². The lowest BCUT2D eigenvalue weighted by atomic mass is 10.2. The molecular formula is C14H18N4O2. The maximum Gasteiger partial charge on any atom is 0.231 e. The molecule has 0 saturated carbocycles. The Morgan fingerprint density at radius 3 is 2.65 bits per heavy atom. The van der Waals surface area contributed by atoms with Crippen molar-refractivity contribution in [2.75, 3.05) is 32.7 Å². The molecule has 0 atom stereocenters. The standard InChI is InChI=1S/C14H18N4O2/c15-14(19)10-18-7-5-17(6-8-18)9-12-11-3-1-2-4-13(11)20-16-12/h1-4H,5-10H2,(H2,15,19). The van der Waals surface area contributed by atoms with Crippen molar-refractivity contribution in [1.29, 1.82) is 0 Å². The molecule has 0 aliphatic carbocycles. The molecule has 1 aliphatic rings. The zero-order valence-corrected chi connectivity index (χ0v) is 11.3. The predicted octanol–water partition coefficient (Wildman–Crippen LogP) is 0.431. The van der Waals surface area contributed by atoms with Crippen LogP contribution in [0.25, 0.3) is 11.0 Å². The first-order valence-corrected chi connectivity index (χ1v) is 6.78. The van der Waals surface area contributed by atoms with Gasteiger partial charge in [-0.1, -0.05) is 17.3 Å². The first-order chi connectivity index (χ1) is 9.72. The Balaban J connectivity index is 1.61. The quantitative estimate of drug-likeness (QED) is 0.875. The minimum absolute atomic E-state index is 0.263. The molecule has 106 valence electrons. The topological polar surface area (TPSA) is 75.6 Å². The average molecular weight is 274 g/mol. The van der Waals surface area contributed by atoms with Crippen LogP contribution in [0.5, 0.6) is 0 Å². The molecule has 6 nitrogen and oxygen atoms in total. The highest BCUT2D eigenvalue weighted by molar-refractivity contribution is 5.79. The number of primary amides is 1. The van der Waals surface area contributed by atoms with Crippen LogP contribution < -0.4 is 5.73 Å². The molecular weight excluding hydrogens is 256 g/mol. The highest BCUT2D eigenvalue weighted by Crippen LogP contribution is 2.19. The summed E-state index contributed by atoms with van der Waals surface area (Å²) in [5.41, 5.74) is 7.02. The van der Waals surface area contributed by atoms with Crippen LogP contribution in [0.4, 0.5) is 0 Å². The van der Waals surface area contributed by atoms with Crippen LogP contribution in [-0.4, -0.2) is 53.6 Å². The van der Waals surface area contributed by atoms with Gasteiger partial charge in [-0.25, -0.2) is 0 Å². The van der Waals surface area contributed by atoms with Crippen LogP contribution in [0.15, 0.2) is 28.8 Å². The molecule has 3 rings (SSSR count). The number of carbonyl (C=O) groups excluding carboxylic acids is 1. The molecule has 2 aromatic rings. The molecule has 1 amide bonds. The molecule has 1 aromatic heterocycles. The first kappa shape index (κ1) is 13.1. The van der Waals surface area contributed by atoms with Gasteiger partial charge in [0.05, 0.1) is 6.54 Å². The van der Waals surface area contributed by atoms with E-state index in [2.05, 4.69) is 15.0 Å².